The molecule has 0 bridgehead atoms. The Bertz CT molecular complexity index is 1100. The van der Waals surface area contributed by atoms with Crippen LogP contribution in [0, 0.1) is 0 Å². The molecule has 1 saturated carbocycles. The topological polar surface area (TPSA) is 51.9 Å². The number of thiophene rings is 1. The Morgan fingerprint density at radius 2 is 2.07 bits per heavy atom. The number of imidazole rings is 1. The maximum Gasteiger partial charge on any atom is 0.261 e. The first kappa shape index (κ1) is 16.6. The van der Waals surface area contributed by atoms with Gasteiger partial charge in [0.15, 0.2) is 0 Å². The predicted octanol–water partition coefficient (Wildman–Crippen LogP) is 4.63. The third-order valence-corrected chi connectivity index (χ3v) is 6.69. The highest BCUT2D eigenvalue weighted by Gasteiger charge is 2.19. The van der Waals surface area contributed by atoms with Crippen LogP contribution in [-0.2, 0) is 13.6 Å². The second-order valence-electron chi connectivity index (χ2n) is 7.33. The van der Waals surface area contributed by atoms with Gasteiger partial charge in [-0.2, -0.15) is 0 Å². The van der Waals surface area contributed by atoms with E-state index in [2.05, 4.69) is 27.3 Å². The lowest BCUT2D eigenvalue weighted by molar-refractivity contribution is 0.0954. The summed E-state index contributed by atoms with van der Waals surface area (Å²) in [6.45, 7) is 0.425. The van der Waals surface area contributed by atoms with E-state index >= 15 is 0 Å². The molecule has 1 fully saturated rings. The van der Waals surface area contributed by atoms with Crippen LogP contribution in [0.4, 0.5) is 0 Å². The molecule has 6 heteroatoms. The second kappa shape index (κ2) is 6.53. The number of carbonyl (C=O) groups is 1. The van der Waals surface area contributed by atoms with Gasteiger partial charge >= 0.3 is 0 Å². The molecule has 3 heterocycles. The highest BCUT2D eigenvalue weighted by Crippen LogP contribution is 2.34. The van der Waals surface area contributed by atoms with Crippen LogP contribution >= 0.6 is 11.3 Å². The monoisotopic (exact) mass is 378 g/mol. The molecule has 0 spiro atoms. The number of aromatic nitrogens is 3. The summed E-state index contributed by atoms with van der Waals surface area (Å²) in [4.78, 5) is 18.0. The Morgan fingerprint density at radius 3 is 2.85 bits per heavy atom. The summed E-state index contributed by atoms with van der Waals surface area (Å²) in [5.41, 5.74) is 2.03. The van der Waals surface area contributed by atoms with Crippen LogP contribution in [-0.4, -0.2) is 20.0 Å². The minimum Gasteiger partial charge on any atom is -0.349 e. The lowest BCUT2D eigenvalue weighted by Crippen LogP contribution is -2.23. The van der Waals surface area contributed by atoms with E-state index < -0.39 is 0 Å². The van der Waals surface area contributed by atoms with Crippen molar-refractivity contribution in [1.82, 2.24) is 19.4 Å². The number of para-hydroxylation sites is 2. The number of hydrogen-bond acceptors (Lipinski definition) is 3. The maximum absolute atomic E-state index is 12.6. The first-order valence-corrected chi connectivity index (χ1v) is 10.3. The highest BCUT2D eigenvalue weighted by molar-refractivity contribution is 7.20. The van der Waals surface area contributed by atoms with Crippen LogP contribution in [0.3, 0.4) is 0 Å². The molecule has 27 heavy (non-hydrogen) atoms. The molecule has 0 aliphatic heterocycles. The number of amides is 1. The van der Waals surface area contributed by atoms with Crippen molar-refractivity contribution in [2.45, 2.75) is 38.3 Å². The Morgan fingerprint density at radius 1 is 1.26 bits per heavy atom. The standard InChI is InChI=1S/C21H22N4OS/c1-24-17-9-5-4-8-16(17)23-20(24)11-22-21(26)18-10-14-12-25(13-19(14)27-18)15-6-2-3-7-15/h4-5,8-10,12-13,15H,2-3,6-7,11H2,1H3,(H,22,26). The van der Waals surface area contributed by atoms with Gasteiger partial charge in [-0.25, -0.2) is 4.98 Å². The summed E-state index contributed by atoms with van der Waals surface area (Å²) in [5, 5.41) is 4.19. The molecule has 1 amide bonds. The minimum absolute atomic E-state index is 0.0318. The molecule has 0 unspecified atom stereocenters. The van der Waals surface area contributed by atoms with Gasteiger partial charge in [0, 0.05) is 30.9 Å². The van der Waals surface area contributed by atoms with Gasteiger partial charge < -0.3 is 14.5 Å². The molecule has 5 rings (SSSR count). The quantitative estimate of drug-likeness (QED) is 0.563. The molecule has 0 atom stereocenters. The van der Waals surface area contributed by atoms with E-state index in [9.17, 15) is 4.79 Å². The van der Waals surface area contributed by atoms with Crippen LogP contribution in [0.5, 0.6) is 0 Å². The van der Waals surface area contributed by atoms with Crippen molar-refractivity contribution in [3.8, 4) is 0 Å². The number of aryl methyl sites for hydroxylation is 1. The van der Waals surface area contributed by atoms with Gasteiger partial charge in [-0.1, -0.05) is 25.0 Å². The molecule has 1 aliphatic carbocycles. The highest BCUT2D eigenvalue weighted by atomic mass is 32.1. The first-order valence-electron chi connectivity index (χ1n) is 9.48. The Hall–Kier alpha value is -2.60. The number of carbonyl (C=O) groups excluding carboxylic acids is 1. The molecular formula is C21H22N4OS. The van der Waals surface area contributed by atoms with E-state index in [4.69, 9.17) is 0 Å². The summed E-state index contributed by atoms with van der Waals surface area (Å²) in [7, 11) is 1.98. The number of nitrogens with one attached hydrogen (secondary N) is 1. The van der Waals surface area contributed by atoms with E-state index in [1.54, 1.807) is 11.3 Å². The lowest BCUT2D eigenvalue weighted by atomic mass is 10.2. The van der Waals surface area contributed by atoms with Crippen molar-refractivity contribution in [2.24, 2.45) is 7.05 Å². The van der Waals surface area contributed by atoms with E-state index in [1.807, 2.05) is 41.9 Å². The molecule has 1 N–H and O–H groups in total. The zero-order valence-corrected chi connectivity index (χ0v) is 16.1. The lowest BCUT2D eigenvalue weighted by Gasteiger charge is -2.10. The van der Waals surface area contributed by atoms with Crippen LogP contribution in [0.2, 0.25) is 0 Å². The Labute approximate surface area is 161 Å². The van der Waals surface area contributed by atoms with E-state index in [-0.39, 0.29) is 5.91 Å². The minimum atomic E-state index is -0.0318. The van der Waals surface area contributed by atoms with Crippen molar-refractivity contribution in [3.05, 3.63) is 53.4 Å². The molecule has 1 aromatic carbocycles. The smallest absolute Gasteiger partial charge is 0.261 e. The fourth-order valence-electron chi connectivity index (χ4n) is 4.08. The van der Waals surface area contributed by atoms with Crippen molar-refractivity contribution < 1.29 is 4.79 Å². The molecule has 1 aliphatic rings. The van der Waals surface area contributed by atoms with E-state index in [0.29, 0.717) is 12.6 Å². The van der Waals surface area contributed by atoms with E-state index in [1.165, 1.54) is 35.8 Å². The Kier molecular flexibility index (Phi) is 4.01. The van der Waals surface area contributed by atoms with Crippen LogP contribution < -0.4 is 5.32 Å². The van der Waals surface area contributed by atoms with Crippen LogP contribution in [0.25, 0.3) is 21.1 Å². The predicted molar refractivity (Wildman–Crippen MR) is 109 cm³/mol. The van der Waals surface area contributed by atoms with Gasteiger partial charge in [0.05, 0.1) is 27.2 Å². The normalized spacial score (nSPS) is 15.1. The van der Waals surface area contributed by atoms with Crippen molar-refractivity contribution in [1.29, 1.82) is 0 Å². The van der Waals surface area contributed by atoms with E-state index in [0.717, 1.165) is 21.7 Å². The van der Waals surface area contributed by atoms with Crippen LogP contribution in [0.1, 0.15) is 47.2 Å². The Balaban J connectivity index is 1.31. The zero-order chi connectivity index (χ0) is 18.4. The summed E-state index contributed by atoms with van der Waals surface area (Å²) in [6, 6.07) is 10.7. The van der Waals surface area contributed by atoms with Gasteiger partial charge in [-0.15, -0.1) is 11.3 Å². The largest absolute Gasteiger partial charge is 0.349 e. The molecule has 0 radical (unpaired) electrons. The van der Waals surface area contributed by atoms with Gasteiger partial charge in [0.2, 0.25) is 0 Å². The van der Waals surface area contributed by atoms with Gasteiger partial charge in [0.25, 0.3) is 5.91 Å². The number of rotatable bonds is 4. The average molecular weight is 379 g/mol. The molecule has 4 aromatic rings. The number of nitrogens with zero attached hydrogens (tertiary/aromatic N) is 3. The summed E-state index contributed by atoms with van der Waals surface area (Å²) < 4.78 is 5.56. The molecule has 0 saturated heterocycles. The first-order chi connectivity index (χ1) is 13.2. The van der Waals surface area contributed by atoms with Crippen molar-refractivity contribution in [3.63, 3.8) is 0 Å². The third kappa shape index (κ3) is 2.94. The number of benzene rings is 1. The fourth-order valence-corrected chi connectivity index (χ4v) is 5.07. The van der Waals surface area contributed by atoms with Crippen molar-refractivity contribution in [2.75, 3.05) is 0 Å². The van der Waals surface area contributed by atoms with Crippen LogP contribution in [0.15, 0.2) is 42.7 Å². The number of fused-ring (bicyclic) bond motifs is 2. The fraction of sp³-hybridized carbons (Fsp3) is 0.333. The second-order valence-corrected chi connectivity index (χ2v) is 8.42. The van der Waals surface area contributed by atoms with Gasteiger partial charge in [-0.3, -0.25) is 4.79 Å². The third-order valence-electron chi connectivity index (χ3n) is 5.60. The number of hydrogen-bond donors (Lipinski definition) is 1. The SMILES string of the molecule is Cn1c(CNC(=O)c2cc3cn(C4CCCC4)cc3s2)nc2ccccc21. The summed E-state index contributed by atoms with van der Waals surface area (Å²) >= 11 is 1.57. The van der Waals surface area contributed by atoms with Gasteiger partial charge in [0.1, 0.15) is 5.82 Å². The average Bonchev–Trinajstić information content (AvgIpc) is 3.43. The maximum atomic E-state index is 12.6. The summed E-state index contributed by atoms with van der Waals surface area (Å²) in [6.07, 6.45) is 9.60. The molecule has 3 aromatic heterocycles. The van der Waals surface area contributed by atoms with Gasteiger partial charge in [-0.05, 0) is 31.0 Å². The molecule has 5 nitrogen and oxygen atoms in total. The molecular weight excluding hydrogens is 356 g/mol. The zero-order valence-electron chi connectivity index (χ0n) is 15.3. The summed E-state index contributed by atoms with van der Waals surface area (Å²) in [5.74, 6) is 0.829. The van der Waals surface area contributed by atoms with Crippen molar-refractivity contribution >= 4 is 38.4 Å². The molecule has 138 valence electrons.